The topological polar surface area (TPSA) is 86.6 Å². The van der Waals surface area contributed by atoms with Gasteiger partial charge in [0.05, 0.1) is 24.0 Å². The monoisotopic (exact) mass is 255 g/mol. The Morgan fingerprint density at radius 1 is 1.11 bits per heavy atom. The van der Waals surface area contributed by atoms with Crippen LogP contribution in [0.25, 0.3) is 0 Å². The summed E-state index contributed by atoms with van der Waals surface area (Å²) in [6.45, 7) is -0.0524. The van der Waals surface area contributed by atoms with Gasteiger partial charge in [-0.15, -0.1) is 0 Å². The van der Waals surface area contributed by atoms with E-state index in [2.05, 4.69) is 5.32 Å². The Bertz CT molecular complexity index is 332. The Hall–Kier alpha value is -1.10. The first-order valence-corrected chi connectivity index (χ1v) is 6.74. The maximum Gasteiger partial charge on any atom is 0.307 e. The summed E-state index contributed by atoms with van der Waals surface area (Å²) in [6.07, 6.45) is 5.61. The summed E-state index contributed by atoms with van der Waals surface area (Å²) in [5, 5.41) is 21.4. The lowest BCUT2D eigenvalue weighted by molar-refractivity contribution is -0.149. The second-order valence-electron chi connectivity index (χ2n) is 5.62. The quantitative estimate of drug-likeness (QED) is 0.697. The molecular weight excluding hydrogens is 234 g/mol. The van der Waals surface area contributed by atoms with Crippen molar-refractivity contribution in [3.63, 3.8) is 0 Å². The third kappa shape index (κ3) is 2.51. The van der Waals surface area contributed by atoms with E-state index in [0.717, 1.165) is 32.1 Å². The average Bonchev–Trinajstić information content (AvgIpc) is 2.33. The largest absolute Gasteiger partial charge is 0.481 e. The first-order valence-electron chi connectivity index (χ1n) is 6.74. The van der Waals surface area contributed by atoms with E-state index in [9.17, 15) is 14.7 Å². The highest BCUT2D eigenvalue weighted by molar-refractivity contribution is 5.85. The van der Waals surface area contributed by atoms with Gasteiger partial charge in [-0.05, 0) is 32.1 Å². The van der Waals surface area contributed by atoms with Crippen molar-refractivity contribution in [2.75, 3.05) is 6.61 Å². The lowest BCUT2D eigenvalue weighted by atomic mass is 9.75. The minimum absolute atomic E-state index is 0.0524. The lowest BCUT2D eigenvalue weighted by Crippen LogP contribution is -2.58. The normalized spacial score (nSPS) is 30.3. The molecule has 0 spiro atoms. The summed E-state index contributed by atoms with van der Waals surface area (Å²) in [5.41, 5.74) is -0.475. The van der Waals surface area contributed by atoms with Crippen molar-refractivity contribution in [1.82, 2.24) is 5.32 Å². The summed E-state index contributed by atoms with van der Waals surface area (Å²) in [7, 11) is 0. The number of hydrogen-bond donors (Lipinski definition) is 3. The summed E-state index contributed by atoms with van der Waals surface area (Å²) in [5.74, 6) is -2.05. The molecule has 102 valence electrons. The van der Waals surface area contributed by atoms with Crippen LogP contribution in [0.3, 0.4) is 0 Å². The van der Waals surface area contributed by atoms with E-state index in [1.54, 1.807) is 0 Å². The maximum absolute atomic E-state index is 12.2. The molecule has 0 aliphatic heterocycles. The van der Waals surface area contributed by atoms with Gasteiger partial charge in [0.25, 0.3) is 0 Å². The summed E-state index contributed by atoms with van der Waals surface area (Å²) in [6, 6.07) is 0. The predicted molar refractivity (Wildman–Crippen MR) is 64.9 cm³/mol. The van der Waals surface area contributed by atoms with Crippen LogP contribution < -0.4 is 5.32 Å². The van der Waals surface area contributed by atoms with E-state index < -0.39 is 23.3 Å². The molecule has 0 saturated heterocycles. The fraction of sp³-hybridized carbons (Fsp3) is 0.846. The predicted octanol–water partition coefficient (Wildman–Crippen LogP) is 0.909. The third-order valence-corrected chi connectivity index (χ3v) is 4.42. The van der Waals surface area contributed by atoms with Crippen molar-refractivity contribution >= 4 is 11.9 Å². The number of aliphatic hydroxyl groups is 1. The van der Waals surface area contributed by atoms with Crippen LogP contribution in [0.5, 0.6) is 0 Å². The van der Waals surface area contributed by atoms with Crippen molar-refractivity contribution in [3.8, 4) is 0 Å². The molecular formula is C13H21NO4. The zero-order valence-corrected chi connectivity index (χ0v) is 10.5. The number of aliphatic carboxylic acids is 1. The number of carbonyl (C=O) groups is 2. The van der Waals surface area contributed by atoms with E-state index in [-0.39, 0.29) is 12.5 Å². The van der Waals surface area contributed by atoms with Crippen molar-refractivity contribution in [1.29, 1.82) is 0 Å². The minimum Gasteiger partial charge on any atom is -0.481 e. The molecule has 5 heteroatoms. The molecule has 2 fully saturated rings. The van der Waals surface area contributed by atoms with Crippen molar-refractivity contribution in [3.05, 3.63) is 0 Å². The van der Waals surface area contributed by atoms with Crippen LogP contribution in [0.2, 0.25) is 0 Å². The molecule has 2 saturated carbocycles. The standard InChI is InChI=1S/C13H21NO4/c15-8-13(6-3-7-13)14-11(16)9-4-1-2-5-10(9)12(17)18/h9-10,15H,1-8H2,(H,14,16)(H,17,18)/t9-,10+/m1/s1. The molecule has 3 N–H and O–H groups in total. The first kappa shape index (κ1) is 13.3. The van der Waals surface area contributed by atoms with E-state index in [1.165, 1.54) is 0 Å². The molecule has 2 rings (SSSR count). The fourth-order valence-corrected chi connectivity index (χ4v) is 3.02. The number of aliphatic hydroxyl groups excluding tert-OH is 1. The highest BCUT2D eigenvalue weighted by atomic mass is 16.4. The Labute approximate surface area is 107 Å². The Morgan fingerprint density at radius 2 is 1.72 bits per heavy atom. The van der Waals surface area contributed by atoms with Gasteiger partial charge in [0.15, 0.2) is 0 Å². The molecule has 2 aliphatic carbocycles. The number of hydrogen-bond acceptors (Lipinski definition) is 3. The van der Waals surface area contributed by atoms with Crippen molar-refractivity contribution in [2.45, 2.75) is 50.5 Å². The minimum atomic E-state index is -0.874. The molecule has 2 aliphatic rings. The number of carbonyl (C=O) groups excluding carboxylic acids is 1. The zero-order valence-electron chi connectivity index (χ0n) is 10.5. The van der Waals surface area contributed by atoms with Gasteiger partial charge in [-0.1, -0.05) is 12.8 Å². The zero-order chi connectivity index (χ0) is 13.2. The smallest absolute Gasteiger partial charge is 0.307 e. The number of nitrogens with one attached hydrogen (secondary N) is 1. The van der Waals surface area contributed by atoms with Crippen LogP contribution in [0.15, 0.2) is 0 Å². The van der Waals surface area contributed by atoms with Gasteiger partial charge in [-0.3, -0.25) is 9.59 Å². The van der Waals surface area contributed by atoms with Gasteiger partial charge in [0, 0.05) is 0 Å². The third-order valence-electron chi connectivity index (χ3n) is 4.42. The van der Waals surface area contributed by atoms with Gasteiger partial charge in [0.2, 0.25) is 5.91 Å². The van der Waals surface area contributed by atoms with Crippen LogP contribution in [0.1, 0.15) is 44.9 Å². The van der Waals surface area contributed by atoms with Crippen molar-refractivity contribution in [2.24, 2.45) is 11.8 Å². The van der Waals surface area contributed by atoms with Crippen LogP contribution >= 0.6 is 0 Å². The molecule has 1 amide bonds. The van der Waals surface area contributed by atoms with Crippen LogP contribution in [-0.2, 0) is 9.59 Å². The number of carboxylic acids is 1. The Morgan fingerprint density at radius 3 is 2.17 bits per heavy atom. The molecule has 0 bridgehead atoms. The second-order valence-corrected chi connectivity index (χ2v) is 5.62. The average molecular weight is 255 g/mol. The van der Waals surface area contributed by atoms with E-state index >= 15 is 0 Å². The molecule has 0 radical (unpaired) electrons. The van der Waals surface area contributed by atoms with E-state index in [4.69, 9.17) is 5.11 Å². The summed E-state index contributed by atoms with van der Waals surface area (Å²) >= 11 is 0. The number of rotatable bonds is 4. The summed E-state index contributed by atoms with van der Waals surface area (Å²) in [4.78, 5) is 23.4. The fourth-order valence-electron chi connectivity index (χ4n) is 3.02. The first-order chi connectivity index (χ1) is 8.58. The number of carboxylic acid groups (broad SMARTS) is 1. The molecule has 0 heterocycles. The SMILES string of the molecule is O=C(O)[C@H]1CCCC[C@H]1C(=O)NC1(CO)CCC1. The van der Waals surface area contributed by atoms with Gasteiger partial charge in [0.1, 0.15) is 0 Å². The molecule has 5 nitrogen and oxygen atoms in total. The maximum atomic E-state index is 12.2. The van der Waals surface area contributed by atoms with Crippen LogP contribution in [-0.4, -0.2) is 34.2 Å². The molecule has 0 aromatic carbocycles. The Kier molecular flexibility index (Phi) is 3.90. The van der Waals surface area contributed by atoms with E-state index in [0.29, 0.717) is 12.8 Å². The lowest BCUT2D eigenvalue weighted by Gasteiger charge is -2.42. The van der Waals surface area contributed by atoms with Gasteiger partial charge >= 0.3 is 5.97 Å². The molecule has 2 atom stereocenters. The van der Waals surface area contributed by atoms with Crippen molar-refractivity contribution < 1.29 is 19.8 Å². The van der Waals surface area contributed by atoms with Gasteiger partial charge in [-0.25, -0.2) is 0 Å². The van der Waals surface area contributed by atoms with Gasteiger partial charge < -0.3 is 15.5 Å². The summed E-state index contributed by atoms with van der Waals surface area (Å²) < 4.78 is 0. The molecule has 0 unspecified atom stereocenters. The molecule has 0 aromatic heterocycles. The Balaban J connectivity index is 2.00. The second kappa shape index (κ2) is 5.26. The molecule has 0 aromatic rings. The number of amides is 1. The van der Waals surface area contributed by atoms with Crippen LogP contribution in [0, 0.1) is 11.8 Å². The van der Waals surface area contributed by atoms with Gasteiger partial charge in [-0.2, -0.15) is 0 Å². The highest BCUT2D eigenvalue weighted by Crippen LogP contribution is 2.34. The molecule has 18 heavy (non-hydrogen) atoms. The highest BCUT2D eigenvalue weighted by Gasteiger charge is 2.42. The van der Waals surface area contributed by atoms with Crippen LogP contribution in [0.4, 0.5) is 0 Å². The van der Waals surface area contributed by atoms with E-state index in [1.807, 2.05) is 0 Å².